The summed E-state index contributed by atoms with van der Waals surface area (Å²) in [7, 11) is -3.31. The first-order valence-corrected chi connectivity index (χ1v) is 9.77. The molecule has 0 aliphatic heterocycles. The average molecular weight is 368 g/mol. The molecule has 0 unspecified atom stereocenters. The molecule has 2 heterocycles. The molecule has 126 valence electrons. The molecule has 0 aliphatic rings. The second-order valence-electron chi connectivity index (χ2n) is 5.43. The molecule has 3 aromatic rings. The molecule has 0 atom stereocenters. The zero-order valence-corrected chi connectivity index (χ0v) is 14.5. The van der Waals surface area contributed by atoms with Crippen LogP contribution in [0.3, 0.4) is 0 Å². The maximum absolute atomic E-state index is 13.1. The van der Waals surface area contributed by atoms with Crippen LogP contribution >= 0.6 is 11.3 Å². The lowest BCUT2D eigenvalue weighted by Gasteiger charge is -2.06. The van der Waals surface area contributed by atoms with Crippen LogP contribution in [0, 0.1) is 6.92 Å². The van der Waals surface area contributed by atoms with E-state index < -0.39 is 16.3 Å². The van der Waals surface area contributed by atoms with Crippen molar-refractivity contribution in [2.45, 2.75) is 18.2 Å². The van der Waals surface area contributed by atoms with Crippen LogP contribution in [0.2, 0.25) is 0 Å². The zero-order chi connectivity index (χ0) is 17.5. The maximum Gasteiger partial charge on any atom is 0.282 e. The minimum atomic E-state index is -3.31. The van der Waals surface area contributed by atoms with Crippen LogP contribution in [0.25, 0.3) is 16.3 Å². The van der Waals surface area contributed by atoms with Crippen molar-refractivity contribution in [3.8, 4) is 16.3 Å². The number of nitrogens with zero attached hydrogens (tertiary/aromatic N) is 2. The number of aromatic nitrogens is 2. The Balaban J connectivity index is 2.13. The number of alkyl halides is 2. The van der Waals surface area contributed by atoms with E-state index in [9.17, 15) is 17.2 Å². The molecule has 24 heavy (non-hydrogen) atoms. The van der Waals surface area contributed by atoms with E-state index in [-0.39, 0.29) is 10.6 Å². The van der Waals surface area contributed by atoms with Crippen LogP contribution in [-0.4, -0.2) is 24.5 Å². The van der Waals surface area contributed by atoms with Gasteiger partial charge in [-0.2, -0.15) is 5.10 Å². The standard InChI is InChI=1S/C16H14F2N2O2S2/c1-10-7-15(23-9-10)20-14(8-13(19-20)16(17)18)11-3-5-12(6-4-11)24(2,21)22/h3-9,16H,1-2H3. The van der Waals surface area contributed by atoms with Crippen molar-refractivity contribution in [3.05, 3.63) is 53.0 Å². The Bertz CT molecular complexity index is 974. The molecule has 0 aliphatic carbocycles. The molecule has 0 radical (unpaired) electrons. The van der Waals surface area contributed by atoms with E-state index in [2.05, 4.69) is 5.10 Å². The van der Waals surface area contributed by atoms with E-state index >= 15 is 0 Å². The lowest BCUT2D eigenvalue weighted by molar-refractivity contribution is 0.145. The van der Waals surface area contributed by atoms with Gasteiger partial charge in [-0.25, -0.2) is 21.9 Å². The first kappa shape index (κ1) is 16.8. The highest BCUT2D eigenvalue weighted by molar-refractivity contribution is 7.90. The van der Waals surface area contributed by atoms with E-state index in [0.717, 1.165) is 16.8 Å². The van der Waals surface area contributed by atoms with Gasteiger partial charge >= 0.3 is 0 Å². The number of hydrogen-bond donors (Lipinski definition) is 0. The summed E-state index contributed by atoms with van der Waals surface area (Å²) in [5.41, 5.74) is 1.81. The van der Waals surface area contributed by atoms with E-state index in [1.54, 1.807) is 12.1 Å². The second kappa shape index (κ2) is 6.10. The van der Waals surface area contributed by atoms with Gasteiger partial charge in [-0.05, 0) is 42.1 Å². The molecule has 0 N–H and O–H groups in total. The Morgan fingerprint density at radius 1 is 1.17 bits per heavy atom. The minimum Gasteiger partial charge on any atom is -0.224 e. The summed E-state index contributed by atoms with van der Waals surface area (Å²) in [5, 5.41) is 6.64. The monoisotopic (exact) mass is 368 g/mol. The highest BCUT2D eigenvalue weighted by Crippen LogP contribution is 2.31. The molecule has 2 aromatic heterocycles. The van der Waals surface area contributed by atoms with Crippen LogP contribution in [0.5, 0.6) is 0 Å². The Kier molecular flexibility index (Phi) is 4.27. The topological polar surface area (TPSA) is 52.0 Å². The summed E-state index contributed by atoms with van der Waals surface area (Å²) in [5.74, 6) is 0. The quantitative estimate of drug-likeness (QED) is 0.692. The van der Waals surface area contributed by atoms with Gasteiger partial charge in [0.25, 0.3) is 6.43 Å². The molecule has 0 bridgehead atoms. The predicted octanol–water partition coefficient (Wildman–Crippen LogP) is 4.25. The number of aryl methyl sites for hydroxylation is 1. The molecule has 1 aromatic carbocycles. The number of hydrogen-bond acceptors (Lipinski definition) is 4. The number of halogens is 2. The SMILES string of the molecule is Cc1csc(-n2nc(C(F)F)cc2-c2ccc(S(C)(=O)=O)cc2)c1. The highest BCUT2D eigenvalue weighted by Gasteiger charge is 2.19. The van der Waals surface area contributed by atoms with Gasteiger partial charge in [-0.1, -0.05) is 12.1 Å². The summed E-state index contributed by atoms with van der Waals surface area (Å²) in [6, 6.07) is 9.31. The highest BCUT2D eigenvalue weighted by atomic mass is 32.2. The number of thiophene rings is 1. The fraction of sp³-hybridized carbons (Fsp3) is 0.188. The van der Waals surface area contributed by atoms with Crippen molar-refractivity contribution in [1.82, 2.24) is 9.78 Å². The molecular formula is C16H14F2N2O2S2. The fourth-order valence-electron chi connectivity index (χ4n) is 2.28. The first-order valence-electron chi connectivity index (χ1n) is 7.00. The third kappa shape index (κ3) is 3.25. The lowest BCUT2D eigenvalue weighted by atomic mass is 10.1. The van der Waals surface area contributed by atoms with Crippen molar-refractivity contribution in [3.63, 3.8) is 0 Å². The Hall–Kier alpha value is -2.06. The Labute approximate surface area is 142 Å². The lowest BCUT2D eigenvalue weighted by Crippen LogP contribution is -1.99. The molecule has 8 heteroatoms. The van der Waals surface area contributed by atoms with E-state index in [4.69, 9.17) is 0 Å². The van der Waals surface area contributed by atoms with Crippen LogP contribution < -0.4 is 0 Å². The van der Waals surface area contributed by atoms with Crippen LogP contribution in [-0.2, 0) is 9.84 Å². The van der Waals surface area contributed by atoms with Gasteiger partial charge in [0.15, 0.2) is 9.84 Å². The number of rotatable bonds is 4. The van der Waals surface area contributed by atoms with Gasteiger partial charge in [0.1, 0.15) is 10.7 Å². The molecular weight excluding hydrogens is 354 g/mol. The minimum absolute atomic E-state index is 0.179. The number of sulfone groups is 1. The van der Waals surface area contributed by atoms with E-state index in [1.165, 1.54) is 34.2 Å². The van der Waals surface area contributed by atoms with Gasteiger partial charge in [0.05, 0.1) is 10.6 Å². The van der Waals surface area contributed by atoms with E-state index in [1.807, 2.05) is 18.4 Å². The van der Waals surface area contributed by atoms with Crippen LogP contribution in [0.1, 0.15) is 17.7 Å². The molecule has 0 saturated heterocycles. The van der Waals surface area contributed by atoms with Gasteiger partial charge in [0.2, 0.25) is 0 Å². The van der Waals surface area contributed by atoms with Crippen molar-refractivity contribution >= 4 is 21.2 Å². The molecule has 4 nitrogen and oxygen atoms in total. The molecule has 0 amide bonds. The molecule has 0 spiro atoms. The summed E-state index contributed by atoms with van der Waals surface area (Å²) in [6.45, 7) is 1.91. The van der Waals surface area contributed by atoms with Gasteiger partial charge in [-0.15, -0.1) is 11.3 Å². The maximum atomic E-state index is 13.1. The summed E-state index contributed by atoms with van der Waals surface area (Å²) in [4.78, 5) is 0.179. The summed E-state index contributed by atoms with van der Waals surface area (Å²) < 4.78 is 50.7. The normalized spacial score (nSPS) is 12.0. The largest absolute Gasteiger partial charge is 0.282 e. The first-order chi connectivity index (χ1) is 11.3. The second-order valence-corrected chi connectivity index (χ2v) is 8.33. The Morgan fingerprint density at radius 3 is 2.33 bits per heavy atom. The Morgan fingerprint density at radius 2 is 1.83 bits per heavy atom. The molecule has 0 fully saturated rings. The van der Waals surface area contributed by atoms with Crippen molar-refractivity contribution in [1.29, 1.82) is 0 Å². The van der Waals surface area contributed by atoms with Crippen LogP contribution in [0.4, 0.5) is 8.78 Å². The average Bonchev–Trinajstić information content (AvgIpc) is 3.12. The van der Waals surface area contributed by atoms with Gasteiger partial charge < -0.3 is 0 Å². The predicted molar refractivity (Wildman–Crippen MR) is 89.7 cm³/mol. The summed E-state index contributed by atoms with van der Waals surface area (Å²) in [6.07, 6.45) is -1.56. The van der Waals surface area contributed by atoms with Crippen molar-refractivity contribution in [2.24, 2.45) is 0 Å². The third-order valence-corrected chi connectivity index (χ3v) is 5.61. The molecule has 0 saturated carbocycles. The third-order valence-electron chi connectivity index (χ3n) is 3.46. The van der Waals surface area contributed by atoms with Crippen molar-refractivity contribution < 1.29 is 17.2 Å². The summed E-state index contributed by atoms with van der Waals surface area (Å²) >= 11 is 1.40. The van der Waals surface area contributed by atoms with Gasteiger partial charge in [0, 0.05) is 11.8 Å². The smallest absolute Gasteiger partial charge is 0.224 e. The zero-order valence-electron chi connectivity index (χ0n) is 12.9. The fourth-order valence-corrected chi connectivity index (χ4v) is 3.78. The number of benzene rings is 1. The van der Waals surface area contributed by atoms with E-state index in [0.29, 0.717) is 11.3 Å². The van der Waals surface area contributed by atoms with Crippen molar-refractivity contribution in [2.75, 3.05) is 6.26 Å². The molecule has 3 rings (SSSR count). The van der Waals surface area contributed by atoms with Crippen LogP contribution in [0.15, 0.2) is 46.7 Å². The van der Waals surface area contributed by atoms with Gasteiger partial charge in [-0.3, -0.25) is 0 Å².